The molecule has 0 aliphatic rings. The fourth-order valence-corrected chi connectivity index (χ4v) is 3.67. The first-order chi connectivity index (χ1) is 15.2. The number of esters is 1. The van der Waals surface area contributed by atoms with Crippen molar-refractivity contribution in [2.75, 3.05) is 19.7 Å². The second kappa shape index (κ2) is 23.3. The molecule has 0 aromatic carbocycles. The van der Waals surface area contributed by atoms with E-state index in [1.54, 1.807) is 0 Å². The van der Waals surface area contributed by atoms with Gasteiger partial charge >= 0.3 is 5.97 Å². The first-order valence-electron chi connectivity index (χ1n) is 13.3. The van der Waals surface area contributed by atoms with Gasteiger partial charge in [-0.3, -0.25) is 4.79 Å². The number of ether oxygens (including phenoxy) is 1. The number of hydrogen-bond donors (Lipinski definition) is 0. The number of carbonyl (C=O) groups is 2. The van der Waals surface area contributed by atoms with E-state index in [4.69, 9.17) is 4.74 Å². The average Bonchev–Trinajstić information content (AvgIpc) is 2.77. The molecule has 4 nitrogen and oxygen atoms in total. The zero-order valence-electron chi connectivity index (χ0n) is 21.0. The van der Waals surface area contributed by atoms with Crippen molar-refractivity contribution in [3.63, 3.8) is 0 Å². The van der Waals surface area contributed by atoms with Crippen molar-refractivity contribution in [2.24, 2.45) is 0 Å². The summed E-state index contributed by atoms with van der Waals surface area (Å²) in [5.41, 5.74) is 0. The number of amides is 1. The zero-order valence-corrected chi connectivity index (χ0v) is 21.0. The maximum Gasteiger partial charge on any atom is 0.330 e. The van der Waals surface area contributed by atoms with E-state index in [0.717, 1.165) is 51.6 Å². The van der Waals surface area contributed by atoms with E-state index in [-0.39, 0.29) is 5.91 Å². The second-order valence-corrected chi connectivity index (χ2v) is 8.78. The molecule has 0 rings (SSSR count). The molecule has 0 atom stereocenters. The van der Waals surface area contributed by atoms with Crippen LogP contribution in [-0.2, 0) is 14.3 Å². The van der Waals surface area contributed by atoms with Crippen LogP contribution in [0.15, 0.2) is 12.2 Å². The van der Waals surface area contributed by atoms with Gasteiger partial charge in [-0.25, -0.2) is 4.79 Å². The number of unbranched alkanes of at least 4 members (excludes halogenated alkanes) is 14. The van der Waals surface area contributed by atoms with Crippen LogP contribution in [0.5, 0.6) is 0 Å². The Bertz CT molecular complexity index is 434. The fourth-order valence-electron chi connectivity index (χ4n) is 3.67. The van der Waals surface area contributed by atoms with E-state index < -0.39 is 5.97 Å². The van der Waals surface area contributed by atoms with Crippen LogP contribution in [0.1, 0.15) is 130 Å². The summed E-state index contributed by atoms with van der Waals surface area (Å²) in [6.07, 6.45) is 22.9. The van der Waals surface area contributed by atoms with Gasteiger partial charge in [0.25, 0.3) is 0 Å². The summed E-state index contributed by atoms with van der Waals surface area (Å²) in [6.45, 7) is 8.66. The summed E-state index contributed by atoms with van der Waals surface area (Å²) < 4.78 is 5.25. The monoisotopic (exact) mass is 437 g/mol. The SMILES string of the molecule is CCCCCCCCCOC(=O)/C=C/C(=O)N(CCCCCCC)CCCCCCC. The smallest absolute Gasteiger partial charge is 0.330 e. The molecule has 0 aliphatic carbocycles. The van der Waals surface area contributed by atoms with Crippen LogP contribution in [0.2, 0.25) is 0 Å². The lowest BCUT2D eigenvalue weighted by Gasteiger charge is -2.21. The highest BCUT2D eigenvalue weighted by Gasteiger charge is 2.11. The molecule has 0 saturated carbocycles. The van der Waals surface area contributed by atoms with Gasteiger partial charge in [-0.1, -0.05) is 111 Å². The molecule has 0 saturated heterocycles. The van der Waals surface area contributed by atoms with Gasteiger partial charge in [-0.15, -0.1) is 0 Å². The molecule has 4 heteroatoms. The largest absolute Gasteiger partial charge is 0.463 e. The predicted molar refractivity (Wildman–Crippen MR) is 132 cm³/mol. The van der Waals surface area contributed by atoms with Gasteiger partial charge in [0.15, 0.2) is 0 Å². The maximum atomic E-state index is 12.6. The molecule has 0 unspecified atom stereocenters. The van der Waals surface area contributed by atoms with Crippen molar-refractivity contribution in [1.82, 2.24) is 4.90 Å². The molecule has 0 radical (unpaired) electrons. The summed E-state index contributed by atoms with van der Waals surface area (Å²) in [6, 6.07) is 0. The van der Waals surface area contributed by atoms with E-state index in [2.05, 4.69) is 20.8 Å². The molecule has 1 amide bonds. The molecule has 0 heterocycles. The summed E-state index contributed by atoms with van der Waals surface area (Å²) in [7, 11) is 0. The maximum absolute atomic E-state index is 12.6. The topological polar surface area (TPSA) is 46.6 Å². The van der Waals surface area contributed by atoms with Crippen molar-refractivity contribution in [1.29, 1.82) is 0 Å². The molecule has 31 heavy (non-hydrogen) atoms. The Morgan fingerprint density at radius 1 is 0.581 bits per heavy atom. The normalized spacial score (nSPS) is 11.2. The minimum Gasteiger partial charge on any atom is -0.463 e. The van der Waals surface area contributed by atoms with Crippen molar-refractivity contribution < 1.29 is 14.3 Å². The lowest BCUT2D eigenvalue weighted by molar-refractivity contribution is -0.138. The highest BCUT2D eigenvalue weighted by atomic mass is 16.5. The van der Waals surface area contributed by atoms with E-state index >= 15 is 0 Å². The molecular weight excluding hydrogens is 386 g/mol. The van der Waals surface area contributed by atoms with Crippen LogP contribution in [0.4, 0.5) is 0 Å². The Balaban J connectivity index is 4.20. The molecule has 0 aromatic rings. The Morgan fingerprint density at radius 3 is 1.48 bits per heavy atom. The first-order valence-corrected chi connectivity index (χ1v) is 13.3. The van der Waals surface area contributed by atoms with Crippen LogP contribution >= 0.6 is 0 Å². The molecule has 0 fully saturated rings. The van der Waals surface area contributed by atoms with Crippen molar-refractivity contribution in [3.05, 3.63) is 12.2 Å². The highest BCUT2D eigenvalue weighted by molar-refractivity contribution is 5.94. The summed E-state index contributed by atoms with van der Waals surface area (Å²) in [5.74, 6) is -0.455. The quantitative estimate of drug-likeness (QED) is 0.0994. The third-order valence-corrected chi connectivity index (χ3v) is 5.73. The van der Waals surface area contributed by atoms with E-state index in [1.165, 1.54) is 82.8 Å². The van der Waals surface area contributed by atoms with Crippen LogP contribution in [0.3, 0.4) is 0 Å². The van der Waals surface area contributed by atoms with Gasteiger partial charge in [0.2, 0.25) is 5.91 Å². The fraction of sp³-hybridized carbons (Fsp3) is 0.852. The molecule has 0 bridgehead atoms. The molecule has 182 valence electrons. The van der Waals surface area contributed by atoms with Gasteiger partial charge in [0.1, 0.15) is 0 Å². The van der Waals surface area contributed by atoms with Gasteiger partial charge in [-0.05, 0) is 19.3 Å². The average molecular weight is 438 g/mol. The minimum absolute atomic E-state index is 0.0566. The second-order valence-electron chi connectivity index (χ2n) is 8.78. The van der Waals surface area contributed by atoms with Gasteiger partial charge in [0, 0.05) is 25.2 Å². The third-order valence-electron chi connectivity index (χ3n) is 5.73. The summed E-state index contributed by atoms with van der Waals surface area (Å²) in [4.78, 5) is 26.5. The third kappa shape index (κ3) is 20.3. The van der Waals surface area contributed by atoms with Gasteiger partial charge in [0.05, 0.1) is 6.61 Å². The first kappa shape index (κ1) is 29.7. The zero-order chi connectivity index (χ0) is 23.0. The van der Waals surface area contributed by atoms with Crippen LogP contribution in [0, 0.1) is 0 Å². The molecule has 0 N–H and O–H groups in total. The lowest BCUT2D eigenvalue weighted by Crippen LogP contribution is -2.31. The molecule has 0 aromatic heterocycles. The highest BCUT2D eigenvalue weighted by Crippen LogP contribution is 2.09. The van der Waals surface area contributed by atoms with Crippen LogP contribution in [0.25, 0.3) is 0 Å². The molecule has 0 spiro atoms. The summed E-state index contributed by atoms with van der Waals surface area (Å²) in [5, 5.41) is 0. The number of nitrogens with zero attached hydrogens (tertiary/aromatic N) is 1. The van der Waals surface area contributed by atoms with Crippen molar-refractivity contribution in [2.45, 2.75) is 130 Å². The standard InChI is InChI=1S/C27H51NO3/c1-4-7-10-13-14-17-20-25-31-27(30)22-21-26(29)28(23-18-15-11-8-5-2)24-19-16-12-9-6-3/h21-22H,4-20,23-25H2,1-3H3/b22-21+. The Hall–Kier alpha value is -1.32. The number of hydrogen-bond acceptors (Lipinski definition) is 3. The van der Waals surface area contributed by atoms with Gasteiger partial charge in [-0.2, -0.15) is 0 Å². The van der Waals surface area contributed by atoms with E-state index in [1.807, 2.05) is 4.90 Å². The van der Waals surface area contributed by atoms with Crippen molar-refractivity contribution in [3.8, 4) is 0 Å². The molecular formula is C27H51NO3. The predicted octanol–water partition coefficient (Wildman–Crippen LogP) is 7.61. The van der Waals surface area contributed by atoms with Crippen LogP contribution < -0.4 is 0 Å². The Labute approximate surface area is 193 Å². The number of rotatable bonds is 22. The summed E-state index contributed by atoms with van der Waals surface area (Å²) >= 11 is 0. The van der Waals surface area contributed by atoms with Crippen molar-refractivity contribution >= 4 is 11.9 Å². The Morgan fingerprint density at radius 2 is 1.00 bits per heavy atom. The number of carbonyl (C=O) groups excluding carboxylic acids is 2. The lowest BCUT2D eigenvalue weighted by atomic mass is 10.1. The van der Waals surface area contributed by atoms with Gasteiger partial charge < -0.3 is 9.64 Å². The van der Waals surface area contributed by atoms with Crippen LogP contribution in [-0.4, -0.2) is 36.5 Å². The van der Waals surface area contributed by atoms with E-state index in [0.29, 0.717) is 6.61 Å². The minimum atomic E-state index is -0.398. The Kier molecular flexibility index (Phi) is 22.4. The molecule has 0 aliphatic heterocycles. The van der Waals surface area contributed by atoms with E-state index in [9.17, 15) is 9.59 Å².